The Morgan fingerprint density at radius 1 is 1.27 bits per heavy atom. The molecular formula is C14H20O. The van der Waals surface area contributed by atoms with E-state index in [1.54, 1.807) is 0 Å². The summed E-state index contributed by atoms with van der Waals surface area (Å²) in [5.41, 5.74) is 1.05. The molecule has 1 saturated carbocycles. The SMILES string of the molecule is CC(C)(CC1CC1)[C@@H](O)c1ccccc1. The Morgan fingerprint density at radius 2 is 1.87 bits per heavy atom. The second-order valence-corrected chi connectivity index (χ2v) is 5.45. The highest BCUT2D eigenvalue weighted by molar-refractivity contribution is 5.19. The third-order valence-corrected chi connectivity index (χ3v) is 3.37. The zero-order valence-electron chi connectivity index (χ0n) is 9.61. The van der Waals surface area contributed by atoms with Crippen molar-refractivity contribution in [3.63, 3.8) is 0 Å². The van der Waals surface area contributed by atoms with Gasteiger partial charge in [-0.25, -0.2) is 0 Å². The maximum Gasteiger partial charge on any atom is 0.0841 e. The van der Waals surface area contributed by atoms with Crippen LogP contribution in [-0.2, 0) is 0 Å². The van der Waals surface area contributed by atoms with Crippen molar-refractivity contribution in [1.82, 2.24) is 0 Å². The van der Waals surface area contributed by atoms with E-state index >= 15 is 0 Å². The second-order valence-electron chi connectivity index (χ2n) is 5.45. The predicted octanol–water partition coefficient (Wildman–Crippen LogP) is 3.55. The smallest absolute Gasteiger partial charge is 0.0841 e. The number of hydrogen-bond donors (Lipinski definition) is 1. The molecule has 1 N–H and O–H groups in total. The van der Waals surface area contributed by atoms with E-state index in [9.17, 15) is 5.11 Å². The van der Waals surface area contributed by atoms with E-state index in [1.165, 1.54) is 12.8 Å². The minimum atomic E-state index is -0.334. The predicted molar refractivity (Wildman–Crippen MR) is 62.5 cm³/mol. The largest absolute Gasteiger partial charge is 0.388 e. The van der Waals surface area contributed by atoms with Crippen LogP contribution in [0, 0.1) is 11.3 Å². The molecule has 1 aliphatic carbocycles. The molecule has 2 rings (SSSR count). The van der Waals surface area contributed by atoms with Gasteiger partial charge < -0.3 is 5.11 Å². The summed E-state index contributed by atoms with van der Waals surface area (Å²) in [5.74, 6) is 0.860. The van der Waals surface area contributed by atoms with Gasteiger partial charge in [0.05, 0.1) is 6.10 Å². The summed E-state index contributed by atoms with van der Waals surface area (Å²) in [5, 5.41) is 10.3. The fourth-order valence-electron chi connectivity index (χ4n) is 2.26. The van der Waals surface area contributed by atoms with Crippen molar-refractivity contribution in [3.8, 4) is 0 Å². The van der Waals surface area contributed by atoms with Crippen LogP contribution in [-0.4, -0.2) is 5.11 Å². The highest BCUT2D eigenvalue weighted by atomic mass is 16.3. The van der Waals surface area contributed by atoms with Crippen molar-refractivity contribution in [2.24, 2.45) is 11.3 Å². The van der Waals surface area contributed by atoms with Crippen LogP contribution in [0.4, 0.5) is 0 Å². The maximum atomic E-state index is 10.3. The quantitative estimate of drug-likeness (QED) is 0.795. The lowest BCUT2D eigenvalue weighted by atomic mass is 9.78. The average molecular weight is 204 g/mol. The first-order valence-electron chi connectivity index (χ1n) is 5.82. The molecule has 0 unspecified atom stereocenters. The van der Waals surface area contributed by atoms with Crippen LogP contribution in [0.3, 0.4) is 0 Å². The zero-order chi connectivity index (χ0) is 10.9. The number of aliphatic hydroxyl groups is 1. The lowest BCUT2D eigenvalue weighted by molar-refractivity contribution is 0.0389. The second kappa shape index (κ2) is 3.97. The summed E-state index contributed by atoms with van der Waals surface area (Å²) >= 11 is 0. The van der Waals surface area contributed by atoms with Gasteiger partial charge in [0, 0.05) is 0 Å². The Bertz CT molecular complexity index is 311. The molecule has 15 heavy (non-hydrogen) atoms. The summed E-state index contributed by atoms with van der Waals surface area (Å²) < 4.78 is 0. The molecule has 82 valence electrons. The zero-order valence-corrected chi connectivity index (χ0v) is 9.61. The Kier molecular flexibility index (Phi) is 2.83. The van der Waals surface area contributed by atoms with Gasteiger partial charge in [0.1, 0.15) is 0 Å². The molecule has 1 atom stereocenters. The van der Waals surface area contributed by atoms with Crippen LogP contribution < -0.4 is 0 Å². The van der Waals surface area contributed by atoms with Crippen LogP contribution >= 0.6 is 0 Å². The molecule has 0 amide bonds. The molecule has 1 aromatic carbocycles. The van der Waals surface area contributed by atoms with Crippen LogP contribution in [0.5, 0.6) is 0 Å². The summed E-state index contributed by atoms with van der Waals surface area (Å²) in [7, 11) is 0. The Morgan fingerprint density at radius 3 is 2.40 bits per heavy atom. The maximum absolute atomic E-state index is 10.3. The minimum Gasteiger partial charge on any atom is -0.388 e. The summed E-state index contributed by atoms with van der Waals surface area (Å²) in [4.78, 5) is 0. The Labute approximate surface area is 92.1 Å². The molecule has 0 radical (unpaired) electrons. The summed E-state index contributed by atoms with van der Waals surface area (Å²) in [6.07, 6.45) is 3.51. The number of rotatable bonds is 4. The van der Waals surface area contributed by atoms with Gasteiger partial charge in [0.2, 0.25) is 0 Å². The highest BCUT2D eigenvalue weighted by Gasteiger charge is 2.35. The standard InChI is InChI=1S/C14H20O/c1-14(2,10-11-8-9-11)13(15)12-6-4-3-5-7-12/h3-7,11,13,15H,8-10H2,1-2H3/t13-/m0/s1. The summed E-state index contributed by atoms with van der Waals surface area (Å²) in [6, 6.07) is 10.0. The highest BCUT2D eigenvalue weighted by Crippen LogP contribution is 2.45. The number of benzene rings is 1. The van der Waals surface area contributed by atoms with E-state index in [-0.39, 0.29) is 11.5 Å². The molecule has 0 bridgehead atoms. The van der Waals surface area contributed by atoms with Gasteiger partial charge in [-0.15, -0.1) is 0 Å². The minimum absolute atomic E-state index is 0.00250. The molecule has 0 spiro atoms. The molecule has 0 heterocycles. The van der Waals surface area contributed by atoms with E-state index in [0.717, 1.165) is 17.9 Å². The normalized spacial score (nSPS) is 18.9. The first-order valence-corrected chi connectivity index (χ1v) is 5.82. The van der Waals surface area contributed by atoms with Crippen LogP contribution in [0.1, 0.15) is 44.8 Å². The first kappa shape index (κ1) is 10.7. The fraction of sp³-hybridized carbons (Fsp3) is 0.571. The molecule has 0 saturated heterocycles. The van der Waals surface area contributed by atoms with Gasteiger partial charge in [-0.1, -0.05) is 57.0 Å². The summed E-state index contributed by atoms with van der Waals surface area (Å²) in [6.45, 7) is 4.34. The molecule has 0 aliphatic heterocycles. The van der Waals surface area contributed by atoms with Crippen molar-refractivity contribution in [3.05, 3.63) is 35.9 Å². The Balaban J connectivity index is 2.08. The van der Waals surface area contributed by atoms with Crippen molar-refractivity contribution in [1.29, 1.82) is 0 Å². The van der Waals surface area contributed by atoms with E-state index in [2.05, 4.69) is 13.8 Å². The van der Waals surface area contributed by atoms with Gasteiger partial charge in [0.25, 0.3) is 0 Å². The average Bonchev–Trinajstić information content (AvgIpc) is 3.01. The molecular weight excluding hydrogens is 184 g/mol. The Hall–Kier alpha value is -0.820. The third kappa shape index (κ3) is 2.60. The number of hydrogen-bond acceptors (Lipinski definition) is 1. The molecule has 1 fully saturated rings. The van der Waals surface area contributed by atoms with E-state index in [4.69, 9.17) is 0 Å². The fourth-order valence-corrected chi connectivity index (χ4v) is 2.26. The van der Waals surface area contributed by atoms with Crippen molar-refractivity contribution in [2.45, 2.75) is 39.2 Å². The van der Waals surface area contributed by atoms with E-state index in [1.807, 2.05) is 30.3 Å². The van der Waals surface area contributed by atoms with Crippen molar-refractivity contribution < 1.29 is 5.11 Å². The molecule has 1 aromatic rings. The molecule has 1 heteroatoms. The van der Waals surface area contributed by atoms with Gasteiger partial charge in [-0.3, -0.25) is 0 Å². The van der Waals surface area contributed by atoms with Crippen LogP contribution in [0.2, 0.25) is 0 Å². The van der Waals surface area contributed by atoms with Gasteiger partial charge in [0.15, 0.2) is 0 Å². The topological polar surface area (TPSA) is 20.2 Å². The third-order valence-electron chi connectivity index (χ3n) is 3.37. The molecule has 1 aliphatic rings. The van der Waals surface area contributed by atoms with E-state index in [0.29, 0.717) is 0 Å². The lowest BCUT2D eigenvalue weighted by Crippen LogP contribution is -2.22. The van der Waals surface area contributed by atoms with Crippen LogP contribution in [0.25, 0.3) is 0 Å². The van der Waals surface area contributed by atoms with Gasteiger partial charge in [-0.2, -0.15) is 0 Å². The lowest BCUT2D eigenvalue weighted by Gasteiger charge is -2.31. The first-order chi connectivity index (χ1) is 7.09. The van der Waals surface area contributed by atoms with Gasteiger partial charge in [-0.05, 0) is 23.3 Å². The molecule has 1 nitrogen and oxygen atoms in total. The van der Waals surface area contributed by atoms with Crippen LogP contribution in [0.15, 0.2) is 30.3 Å². The van der Waals surface area contributed by atoms with Crippen molar-refractivity contribution in [2.75, 3.05) is 0 Å². The van der Waals surface area contributed by atoms with E-state index < -0.39 is 0 Å². The monoisotopic (exact) mass is 204 g/mol. The van der Waals surface area contributed by atoms with Gasteiger partial charge >= 0.3 is 0 Å². The van der Waals surface area contributed by atoms with Crippen molar-refractivity contribution >= 4 is 0 Å². The molecule has 0 aromatic heterocycles. The number of aliphatic hydroxyl groups excluding tert-OH is 1.